The van der Waals surface area contributed by atoms with Crippen LogP contribution in [-0.2, 0) is 18.7 Å². The molecule has 4 aromatic rings. The molecule has 0 bridgehead atoms. The molecule has 0 saturated heterocycles. The Bertz CT molecular complexity index is 1320. The molecule has 7 heteroatoms. The zero-order valence-electron chi connectivity index (χ0n) is 15.8. The van der Waals surface area contributed by atoms with Crippen LogP contribution in [0.15, 0.2) is 52.2 Å². The van der Waals surface area contributed by atoms with Gasteiger partial charge in [-0.15, -0.1) is 22.0 Å². The third kappa shape index (κ3) is 2.64. The normalized spacial score (nSPS) is 15.4. The van der Waals surface area contributed by atoms with Gasteiger partial charge in [0.2, 0.25) is 0 Å². The Kier molecular flexibility index (Phi) is 3.84. The first kappa shape index (κ1) is 17.0. The van der Waals surface area contributed by atoms with Gasteiger partial charge in [-0.1, -0.05) is 24.6 Å². The van der Waals surface area contributed by atoms with Crippen LogP contribution in [0.2, 0.25) is 0 Å². The summed E-state index contributed by atoms with van der Waals surface area (Å²) >= 11 is 1.78. The standard InChI is InChI=1S/C22H19N5OS/c28-22-15-10-9-14(12-16(15)23-19-8-2-1-5-11-26(19)22)21-25-24-20-13-29-18-7-4-3-6-17(18)27(20)21/h3-4,6-7,9-10,12H,1-2,5,8,11,13H2. The molecule has 0 radical (unpaired) electrons. The van der Waals surface area contributed by atoms with E-state index in [4.69, 9.17) is 4.98 Å². The molecule has 0 N–H and O–H groups in total. The topological polar surface area (TPSA) is 65.6 Å². The molecule has 2 aliphatic rings. The number of benzene rings is 2. The molecule has 0 fully saturated rings. The lowest BCUT2D eigenvalue weighted by Crippen LogP contribution is -2.24. The second kappa shape index (κ2) is 6.56. The van der Waals surface area contributed by atoms with Gasteiger partial charge < -0.3 is 0 Å². The molecular formula is C22H19N5OS. The van der Waals surface area contributed by atoms with E-state index in [1.54, 1.807) is 11.8 Å². The van der Waals surface area contributed by atoms with E-state index in [1.165, 1.54) is 4.90 Å². The number of thioether (sulfide) groups is 1. The van der Waals surface area contributed by atoms with Crippen molar-refractivity contribution in [1.82, 2.24) is 24.3 Å². The number of aryl methyl sites for hydroxylation is 1. The van der Waals surface area contributed by atoms with Crippen molar-refractivity contribution < 1.29 is 0 Å². The quantitative estimate of drug-likeness (QED) is 0.483. The maximum absolute atomic E-state index is 13.0. The number of rotatable bonds is 1. The molecule has 0 aliphatic carbocycles. The van der Waals surface area contributed by atoms with Gasteiger partial charge >= 0.3 is 0 Å². The predicted octanol–water partition coefficient (Wildman–Crippen LogP) is 3.98. The van der Waals surface area contributed by atoms with Crippen LogP contribution in [0, 0.1) is 0 Å². The summed E-state index contributed by atoms with van der Waals surface area (Å²) in [7, 11) is 0. The molecule has 6 rings (SSSR count). The minimum Gasteiger partial charge on any atom is -0.296 e. The minimum absolute atomic E-state index is 0.0727. The zero-order chi connectivity index (χ0) is 19.4. The minimum atomic E-state index is 0.0727. The Balaban J connectivity index is 1.54. The fraction of sp³-hybridized carbons (Fsp3) is 0.273. The van der Waals surface area contributed by atoms with Crippen molar-refractivity contribution >= 4 is 22.7 Å². The summed E-state index contributed by atoms with van der Waals surface area (Å²) in [4.78, 5) is 19.1. The summed E-state index contributed by atoms with van der Waals surface area (Å²) in [6.45, 7) is 0.769. The number of hydrogen-bond donors (Lipinski definition) is 0. The third-order valence-corrected chi connectivity index (χ3v) is 6.83. The van der Waals surface area contributed by atoms with E-state index in [9.17, 15) is 4.79 Å². The average molecular weight is 401 g/mol. The van der Waals surface area contributed by atoms with Gasteiger partial charge in [-0.3, -0.25) is 13.9 Å². The van der Waals surface area contributed by atoms with Gasteiger partial charge in [-0.05, 0) is 37.1 Å². The van der Waals surface area contributed by atoms with E-state index in [1.807, 2.05) is 28.8 Å². The van der Waals surface area contributed by atoms with Crippen LogP contribution in [-0.4, -0.2) is 24.3 Å². The van der Waals surface area contributed by atoms with Crippen LogP contribution >= 0.6 is 11.8 Å². The lowest BCUT2D eigenvalue weighted by Gasteiger charge is -2.18. The van der Waals surface area contributed by atoms with Crippen LogP contribution < -0.4 is 5.56 Å². The number of fused-ring (bicyclic) bond motifs is 5. The zero-order valence-corrected chi connectivity index (χ0v) is 16.7. The molecule has 0 unspecified atom stereocenters. The largest absolute Gasteiger partial charge is 0.296 e. The van der Waals surface area contributed by atoms with E-state index in [0.29, 0.717) is 5.39 Å². The van der Waals surface area contributed by atoms with E-state index < -0.39 is 0 Å². The Morgan fingerprint density at radius 2 is 1.90 bits per heavy atom. The van der Waals surface area contributed by atoms with Gasteiger partial charge in [-0.2, -0.15) is 0 Å². The second-order valence-corrected chi connectivity index (χ2v) is 8.58. The highest BCUT2D eigenvalue weighted by molar-refractivity contribution is 7.98. The lowest BCUT2D eigenvalue weighted by molar-refractivity contribution is 0.614. The number of para-hydroxylation sites is 1. The highest BCUT2D eigenvalue weighted by Gasteiger charge is 2.23. The molecule has 6 nitrogen and oxygen atoms in total. The third-order valence-electron chi connectivity index (χ3n) is 5.77. The molecule has 29 heavy (non-hydrogen) atoms. The number of aromatic nitrogens is 5. The van der Waals surface area contributed by atoms with Crippen molar-refractivity contribution in [3.8, 4) is 17.1 Å². The first-order chi connectivity index (χ1) is 14.3. The van der Waals surface area contributed by atoms with Gasteiger partial charge in [0, 0.05) is 23.4 Å². The monoisotopic (exact) mass is 401 g/mol. The second-order valence-electron chi connectivity index (χ2n) is 7.56. The molecule has 2 aromatic carbocycles. The molecule has 0 saturated carbocycles. The number of hydrogen-bond acceptors (Lipinski definition) is 5. The van der Waals surface area contributed by atoms with Crippen molar-refractivity contribution in [2.75, 3.05) is 0 Å². The maximum Gasteiger partial charge on any atom is 0.261 e. The van der Waals surface area contributed by atoms with Gasteiger partial charge in [0.25, 0.3) is 5.56 Å². The van der Waals surface area contributed by atoms with E-state index in [0.717, 1.165) is 72.2 Å². The van der Waals surface area contributed by atoms with Gasteiger partial charge in [-0.25, -0.2) is 4.98 Å². The molecule has 0 amide bonds. The summed E-state index contributed by atoms with van der Waals surface area (Å²) in [5, 5.41) is 9.58. The van der Waals surface area contributed by atoms with Crippen LogP contribution in [0.25, 0.3) is 28.0 Å². The first-order valence-electron chi connectivity index (χ1n) is 10.00. The molecule has 2 aromatic heterocycles. The Morgan fingerprint density at radius 1 is 0.966 bits per heavy atom. The van der Waals surface area contributed by atoms with Crippen LogP contribution in [0.3, 0.4) is 0 Å². The fourth-order valence-electron chi connectivity index (χ4n) is 4.31. The summed E-state index contributed by atoms with van der Waals surface area (Å²) in [5.74, 6) is 3.44. The maximum atomic E-state index is 13.0. The van der Waals surface area contributed by atoms with E-state index in [-0.39, 0.29) is 5.56 Å². The fourth-order valence-corrected chi connectivity index (χ4v) is 5.27. The molecule has 0 atom stereocenters. The van der Waals surface area contributed by atoms with Crippen LogP contribution in [0.4, 0.5) is 0 Å². The Labute approximate surface area is 171 Å². The number of nitrogens with zero attached hydrogens (tertiary/aromatic N) is 5. The lowest BCUT2D eigenvalue weighted by atomic mass is 10.1. The van der Waals surface area contributed by atoms with Crippen molar-refractivity contribution in [3.05, 3.63) is 64.5 Å². The SMILES string of the molecule is O=c1c2ccc(-c3nnc4n3-c3ccccc3SC4)cc2nc2n1CCCCC2. The summed E-state index contributed by atoms with van der Waals surface area (Å²) in [5.41, 5.74) is 2.86. The van der Waals surface area contributed by atoms with Crippen molar-refractivity contribution in [2.24, 2.45) is 0 Å². The highest BCUT2D eigenvalue weighted by Crippen LogP contribution is 2.37. The van der Waals surface area contributed by atoms with Gasteiger partial charge in [0.05, 0.1) is 22.3 Å². The Morgan fingerprint density at radius 3 is 2.86 bits per heavy atom. The molecule has 4 heterocycles. The molecule has 2 aliphatic heterocycles. The van der Waals surface area contributed by atoms with Crippen molar-refractivity contribution in [1.29, 1.82) is 0 Å². The van der Waals surface area contributed by atoms with E-state index >= 15 is 0 Å². The Hall–Kier alpha value is -2.93. The average Bonchev–Trinajstić information content (AvgIpc) is 3.06. The predicted molar refractivity (Wildman–Crippen MR) is 113 cm³/mol. The smallest absolute Gasteiger partial charge is 0.261 e. The molecule has 144 valence electrons. The van der Waals surface area contributed by atoms with Crippen molar-refractivity contribution in [3.63, 3.8) is 0 Å². The molecule has 0 spiro atoms. The van der Waals surface area contributed by atoms with Crippen molar-refractivity contribution in [2.45, 2.75) is 42.9 Å². The highest BCUT2D eigenvalue weighted by atomic mass is 32.2. The summed E-state index contributed by atoms with van der Waals surface area (Å²) in [6, 6.07) is 14.2. The van der Waals surface area contributed by atoms with Gasteiger partial charge in [0.15, 0.2) is 5.82 Å². The first-order valence-corrected chi connectivity index (χ1v) is 11.0. The molecular weight excluding hydrogens is 382 g/mol. The van der Waals surface area contributed by atoms with Crippen LogP contribution in [0.1, 0.15) is 30.9 Å². The van der Waals surface area contributed by atoms with Gasteiger partial charge in [0.1, 0.15) is 11.6 Å². The summed E-state index contributed by atoms with van der Waals surface area (Å²) < 4.78 is 3.99. The summed E-state index contributed by atoms with van der Waals surface area (Å²) in [6.07, 6.45) is 4.14. The van der Waals surface area contributed by atoms with E-state index in [2.05, 4.69) is 33.0 Å². The van der Waals surface area contributed by atoms with Crippen LogP contribution in [0.5, 0.6) is 0 Å².